The number of rotatable bonds is 5. The first-order valence-electron chi connectivity index (χ1n) is 9.05. The largest absolute Gasteiger partial charge is 0.369 e. The molecular weight excluding hydrogens is 316 g/mol. The maximum Gasteiger partial charge on any atom is 0.243 e. The van der Waals surface area contributed by atoms with Gasteiger partial charge in [-0.3, -0.25) is 9.69 Å². The van der Waals surface area contributed by atoms with Crippen molar-refractivity contribution in [3.8, 4) is 0 Å². The van der Waals surface area contributed by atoms with Gasteiger partial charge >= 0.3 is 0 Å². The second-order valence-corrected chi connectivity index (χ2v) is 7.07. The molecule has 1 aliphatic carbocycles. The topological polar surface area (TPSA) is 62.5 Å². The highest BCUT2D eigenvalue weighted by atomic mass is 16.5. The lowest BCUT2D eigenvalue weighted by Crippen LogP contribution is -2.47. The van der Waals surface area contributed by atoms with E-state index in [0.717, 1.165) is 43.5 Å². The standard InChI is InChI=1S/C19H24N4O2/c1-13(19-20-18(21-25-19)16-3-4-16)22-9-11-23(12-10-22)17-7-5-15(6-8-17)14(2)24/h5-8,13,16H,3-4,9-12H2,1-2H3/t13-/m0/s1. The molecule has 6 heteroatoms. The van der Waals surface area contributed by atoms with E-state index in [-0.39, 0.29) is 11.8 Å². The molecule has 6 nitrogen and oxygen atoms in total. The molecule has 1 aromatic heterocycles. The van der Waals surface area contributed by atoms with E-state index in [1.54, 1.807) is 6.92 Å². The van der Waals surface area contributed by atoms with Crippen LogP contribution < -0.4 is 4.90 Å². The predicted molar refractivity (Wildman–Crippen MR) is 94.9 cm³/mol. The third-order valence-electron chi connectivity index (χ3n) is 5.26. The second-order valence-electron chi connectivity index (χ2n) is 7.07. The summed E-state index contributed by atoms with van der Waals surface area (Å²) >= 11 is 0. The van der Waals surface area contributed by atoms with Crippen molar-refractivity contribution in [2.45, 2.75) is 38.6 Å². The number of carbonyl (C=O) groups excluding carboxylic acids is 1. The van der Waals surface area contributed by atoms with Crippen LogP contribution in [0, 0.1) is 0 Å². The van der Waals surface area contributed by atoms with E-state index in [0.29, 0.717) is 5.92 Å². The Balaban J connectivity index is 1.36. The number of aromatic nitrogens is 2. The van der Waals surface area contributed by atoms with Crippen molar-refractivity contribution in [2.24, 2.45) is 0 Å². The fourth-order valence-electron chi connectivity index (χ4n) is 3.35. The molecule has 0 N–H and O–H groups in total. The average molecular weight is 340 g/mol. The van der Waals surface area contributed by atoms with Gasteiger partial charge in [0.1, 0.15) is 0 Å². The Labute approximate surface area is 147 Å². The van der Waals surface area contributed by atoms with Crippen LogP contribution in [0.15, 0.2) is 28.8 Å². The minimum Gasteiger partial charge on any atom is -0.369 e. The lowest BCUT2D eigenvalue weighted by atomic mass is 10.1. The fourth-order valence-corrected chi connectivity index (χ4v) is 3.35. The molecule has 2 aromatic rings. The molecule has 2 aliphatic rings. The van der Waals surface area contributed by atoms with Gasteiger partial charge in [-0.15, -0.1) is 0 Å². The molecule has 4 rings (SSSR count). The quantitative estimate of drug-likeness (QED) is 0.780. The van der Waals surface area contributed by atoms with Crippen LogP contribution in [0.5, 0.6) is 0 Å². The SMILES string of the molecule is CC(=O)c1ccc(N2CCN([C@@H](C)c3nc(C4CC4)no3)CC2)cc1. The highest BCUT2D eigenvalue weighted by molar-refractivity contribution is 5.94. The summed E-state index contributed by atoms with van der Waals surface area (Å²) in [6, 6.07) is 8.04. The van der Waals surface area contributed by atoms with E-state index in [1.807, 2.05) is 24.3 Å². The van der Waals surface area contributed by atoms with Gasteiger partial charge in [-0.2, -0.15) is 4.98 Å². The van der Waals surface area contributed by atoms with Crippen molar-refractivity contribution in [3.63, 3.8) is 0 Å². The van der Waals surface area contributed by atoms with Gasteiger partial charge in [-0.1, -0.05) is 5.16 Å². The molecule has 0 radical (unpaired) electrons. The number of nitrogens with zero attached hydrogens (tertiary/aromatic N) is 4. The lowest BCUT2D eigenvalue weighted by molar-refractivity contribution is 0.101. The number of hydrogen-bond donors (Lipinski definition) is 0. The van der Waals surface area contributed by atoms with Gasteiger partial charge in [0.25, 0.3) is 0 Å². The van der Waals surface area contributed by atoms with Crippen molar-refractivity contribution >= 4 is 11.5 Å². The van der Waals surface area contributed by atoms with Crippen LogP contribution in [-0.2, 0) is 0 Å². The van der Waals surface area contributed by atoms with Gasteiger partial charge in [0.15, 0.2) is 11.6 Å². The summed E-state index contributed by atoms with van der Waals surface area (Å²) < 4.78 is 5.48. The van der Waals surface area contributed by atoms with Gasteiger partial charge in [0.2, 0.25) is 5.89 Å². The average Bonchev–Trinajstić information content (AvgIpc) is 3.38. The van der Waals surface area contributed by atoms with Crippen molar-refractivity contribution in [1.82, 2.24) is 15.0 Å². The van der Waals surface area contributed by atoms with Crippen LogP contribution >= 0.6 is 0 Å². The molecule has 0 amide bonds. The van der Waals surface area contributed by atoms with Crippen LogP contribution in [0.2, 0.25) is 0 Å². The molecular formula is C19H24N4O2. The first kappa shape index (κ1) is 16.3. The Morgan fingerprint density at radius 2 is 1.84 bits per heavy atom. The molecule has 132 valence electrons. The Bertz CT molecular complexity index is 743. The molecule has 25 heavy (non-hydrogen) atoms. The predicted octanol–water partition coefficient (Wildman–Crippen LogP) is 3.03. The summed E-state index contributed by atoms with van der Waals surface area (Å²) in [6.45, 7) is 7.55. The van der Waals surface area contributed by atoms with E-state index < -0.39 is 0 Å². The minimum absolute atomic E-state index is 0.107. The van der Waals surface area contributed by atoms with Crippen LogP contribution in [0.3, 0.4) is 0 Å². The van der Waals surface area contributed by atoms with Gasteiger partial charge in [0, 0.05) is 43.3 Å². The number of anilines is 1. The highest BCUT2D eigenvalue weighted by Gasteiger charge is 2.31. The normalized spacial score (nSPS) is 19.8. The molecule has 1 saturated carbocycles. The Morgan fingerprint density at radius 3 is 2.44 bits per heavy atom. The number of Topliss-reactive ketones (excluding diaryl/α,β-unsaturated/α-hetero) is 1. The summed E-state index contributed by atoms with van der Waals surface area (Å²) in [5.41, 5.74) is 1.94. The third-order valence-corrected chi connectivity index (χ3v) is 5.26. The van der Waals surface area contributed by atoms with Crippen LogP contribution in [0.25, 0.3) is 0 Å². The van der Waals surface area contributed by atoms with Gasteiger partial charge in [-0.25, -0.2) is 0 Å². The summed E-state index contributed by atoms with van der Waals surface area (Å²) in [5, 5.41) is 4.13. The molecule has 1 saturated heterocycles. The zero-order valence-corrected chi connectivity index (χ0v) is 14.8. The summed E-state index contributed by atoms with van der Waals surface area (Å²) in [7, 11) is 0. The van der Waals surface area contributed by atoms with Crippen LogP contribution in [-0.4, -0.2) is 47.0 Å². The lowest BCUT2D eigenvalue weighted by Gasteiger charge is -2.38. The molecule has 1 atom stereocenters. The molecule has 0 bridgehead atoms. The fraction of sp³-hybridized carbons (Fsp3) is 0.526. The zero-order chi connectivity index (χ0) is 17.4. The number of ketones is 1. The Hall–Kier alpha value is -2.21. The van der Waals surface area contributed by atoms with E-state index >= 15 is 0 Å². The van der Waals surface area contributed by atoms with Crippen molar-refractivity contribution in [2.75, 3.05) is 31.1 Å². The van der Waals surface area contributed by atoms with Crippen molar-refractivity contribution < 1.29 is 9.32 Å². The second kappa shape index (κ2) is 6.59. The summed E-state index contributed by atoms with van der Waals surface area (Å²) in [5.74, 6) is 2.25. The third kappa shape index (κ3) is 3.44. The van der Waals surface area contributed by atoms with Crippen LogP contribution in [0.4, 0.5) is 5.69 Å². The van der Waals surface area contributed by atoms with Crippen molar-refractivity contribution in [3.05, 3.63) is 41.5 Å². The first-order chi connectivity index (χ1) is 12.1. The number of piperazine rings is 1. The van der Waals surface area contributed by atoms with E-state index in [2.05, 4.69) is 26.9 Å². The smallest absolute Gasteiger partial charge is 0.243 e. The number of hydrogen-bond acceptors (Lipinski definition) is 6. The van der Waals surface area contributed by atoms with Gasteiger partial charge in [-0.05, 0) is 51.0 Å². The monoisotopic (exact) mass is 340 g/mol. The minimum atomic E-state index is 0.107. The molecule has 1 aliphatic heterocycles. The molecule has 2 heterocycles. The highest BCUT2D eigenvalue weighted by Crippen LogP contribution is 2.38. The van der Waals surface area contributed by atoms with E-state index in [1.165, 1.54) is 18.5 Å². The van der Waals surface area contributed by atoms with Gasteiger partial charge < -0.3 is 9.42 Å². The maximum atomic E-state index is 11.4. The summed E-state index contributed by atoms with van der Waals surface area (Å²) in [4.78, 5) is 20.7. The van der Waals surface area contributed by atoms with Crippen LogP contribution in [0.1, 0.15) is 60.7 Å². The van der Waals surface area contributed by atoms with Gasteiger partial charge in [0.05, 0.1) is 6.04 Å². The molecule has 0 spiro atoms. The first-order valence-corrected chi connectivity index (χ1v) is 9.05. The van der Waals surface area contributed by atoms with E-state index in [4.69, 9.17) is 4.52 Å². The number of benzene rings is 1. The summed E-state index contributed by atoms with van der Waals surface area (Å²) in [6.07, 6.45) is 2.38. The Morgan fingerprint density at radius 1 is 1.16 bits per heavy atom. The molecule has 1 aromatic carbocycles. The number of carbonyl (C=O) groups is 1. The van der Waals surface area contributed by atoms with Crippen molar-refractivity contribution in [1.29, 1.82) is 0 Å². The molecule has 2 fully saturated rings. The Kier molecular flexibility index (Phi) is 4.29. The zero-order valence-electron chi connectivity index (χ0n) is 14.8. The molecule has 0 unspecified atom stereocenters. The maximum absolute atomic E-state index is 11.4. The van der Waals surface area contributed by atoms with E-state index in [9.17, 15) is 4.79 Å².